The van der Waals surface area contributed by atoms with Gasteiger partial charge in [-0.1, -0.05) is 0 Å². The van der Waals surface area contributed by atoms with Gasteiger partial charge in [0, 0.05) is 18.7 Å². The van der Waals surface area contributed by atoms with Crippen LogP contribution in [0.5, 0.6) is 11.5 Å². The number of amides is 1. The molecule has 2 aromatic rings. The van der Waals surface area contributed by atoms with Gasteiger partial charge in [-0.25, -0.2) is 4.98 Å². The molecule has 2 aliphatic heterocycles. The van der Waals surface area contributed by atoms with Crippen molar-refractivity contribution in [2.45, 2.75) is 6.42 Å². The number of benzene rings is 1. The highest BCUT2D eigenvalue weighted by Crippen LogP contribution is 2.35. The molecule has 132 valence electrons. The van der Waals surface area contributed by atoms with Crippen LogP contribution in [0.1, 0.15) is 16.9 Å². The zero-order chi connectivity index (χ0) is 17.2. The second-order valence-electron chi connectivity index (χ2n) is 6.35. The van der Waals surface area contributed by atoms with Crippen molar-refractivity contribution >= 4 is 5.91 Å². The summed E-state index contributed by atoms with van der Waals surface area (Å²) >= 11 is 0. The molecule has 4 rings (SSSR count). The highest BCUT2D eigenvalue weighted by Gasteiger charge is 2.30. The quantitative estimate of drug-likeness (QED) is 0.912. The summed E-state index contributed by atoms with van der Waals surface area (Å²) in [7, 11) is 1.93. The lowest BCUT2D eigenvalue weighted by Gasteiger charge is -2.19. The van der Waals surface area contributed by atoms with Crippen molar-refractivity contribution in [3.63, 3.8) is 0 Å². The molecule has 0 radical (unpaired) electrons. The molecule has 0 aliphatic carbocycles. The van der Waals surface area contributed by atoms with E-state index in [4.69, 9.17) is 13.9 Å². The molecule has 1 atom stereocenters. The molecule has 1 unspecified atom stereocenters. The number of nitrogens with zero attached hydrogens (tertiary/aromatic N) is 2. The summed E-state index contributed by atoms with van der Waals surface area (Å²) in [5.74, 6) is 2.24. The number of carbonyl (C=O) groups is 1. The minimum Gasteiger partial charge on any atom is -0.486 e. The van der Waals surface area contributed by atoms with E-state index in [0.29, 0.717) is 42.1 Å². The highest BCUT2D eigenvalue weighted by atomic mass is 16.6. The molecule has 0 saturated carbocycles. The van der Waals surface area contributed by atoms with Crippen LogP contribution >= 0.6 is 0 Å². The lowest BCUT2D eigenvalue weighted by molar-refractivity contribution is 0.0782. The van der Waals surface area contributed by atoms with Gasteiger partial charge in [0.2, 0.25) is 0 Å². The molecule has 1 N–H and O–H groups in total. The van der Waals surface area contributed by atoms with E-state index in [2.05, 4.69) is 10.3 Å². The number of rotatable bonds is 4. The van der Waals surface area contributed by atoms with E-state index in [1.165, 1.54) is 6.39 Å². The second-order valence-corrected chi connectivity index (χ2v) is 6.35. The molecule has 3 heterocycles. The van der Waals surface area contributed by atoms with Crippen LogP contribution in [0.2, 0.25) is 0 Å². The predicted molar refractivity (Wildman–Crippen MR) is 90.9 cm³/mol. The van der Waals surface area contributed by atoms with Crippen molar-refractivity contribution < 1.29 is 18.7 Å². The minimum atomic E-state index is -0.0859. The molecule has 2 aliphatic rings. The number of hydrogen-bond donors (Lipinski definition) is 1. The standard InChI is InChI=1S/C18H21N3O4/c1-19-9-12-4-5-21(10-12)18(22)16-17(25-11-20-16)13-2-3-14-15(8-13)24-7-6-23-14/h2-3,8,11-12,19H,4-7,9-10H2,1H3. The number of ether oxygens (including phenoxy) is 2. The lowest BCUT2D eigenvalue weighted by Crippen LogP contribution is -2.30. The zero-order valence-corrected chi connectivity index (χ0v) is 14.2. The Hall–Kier alpha value is -2.54. The molecule has 1 aromatic heterocycles. The van der Waals surface area contributed by atoms with Gasteiger partial charge in [-0.2, -0.15) is 0 Å². The molecule has 0 bridgehead atoms. The molecule has 1 amide bonds. The number of carbonyl (C=O) groups excluding carboxylic acids is 1. The molecule has 1 saturated heterocycles. The Bertz CT molecular complexity index is 773. The maximum atomic E-state index is 12.9. The monoisotopic (exact) mass is 343 g/mol. The first-order valence-corrected chi connectivity index (χ1v) is 8.53. The Morgan fingerprint density at radius 1 is 1.32 bits per heavy atom. The van der Waals surface area contributed by atoms with E-state index in [0.717, 1.165) is 31.6 Å². The highest BCUT2D eigenvalue weighted by molar-refractivity contribution is 5.97. The van der Waals surface area contributed by atoms with Crippen molar-refractivity contribution in [2.24, 2.45) is 5.92 Å². The fraction of sp³-hybridized carbons (Fsp3) is 0.444. The Kier molecular flexibility index (Phi) is 4.31. The Balaban J connectivity index is 1.57. The molecular weight excluding hydrogens is 322 g/mol. The minimum absolute atomic E-state index is 0.0859. The molecule has 0 spiro atoms. The van der Waals surface area contributed by atoms with Crippen LogP contribution in [0, 0.1) is 5.92 Å². The van der Waals surface area contributed by atoms with Gasteiger partial charge in [-0.05, 0) is 44.1 Å². The van der Waals surface area contributed by atoms with Crippen LogP contribution in [-0.4, -0.2) is 55.7 Å². The smallest absolute Gasteiger partial charge is 0.276 e. The maximum Gasteiger partial charge on any atom is 0.276 e. The van der Waals surface area contributed by atoms with Crippen molar-refractivity contribution in [3.8, 4) is 22.8 Å². The van der Waals surface area contributed by atoms with Crippen molar-refractivity contribution in [1.82, 2.24) is 15.2 Å². The van der Waals surface area contributed by atoms with Gasteiger partial charge in [0.15, 0.2) is 29.3 Å². The summed E-state index contributed by atoms with van der Waals surface area (Å²) in [6.07, 6.45) is 2.32. The fourth-order valence-corrected chi connectivity index (χ4v) is 3.41. The van der Waals surface area contributed by atoms with Crippen LogP contribution in [-0.2, 0) is 0 Å². The Morgan fingerprint density at radius 3 is 3.00 bits per heavy atom. The van der Waals surface area contributed by atoms with E-state index in [-0.39, 0.29) is 5.91 Å². The predicted octanol–water partition coefficient (Wildman–Crippen LogP) is 1.79. The first-order valence-electron chi connectivity index (χ1n) is 8.53. The average Bonchev–Trinajstić information content (AvgIpc) is 3.30. The number of nitrogens with one attached hydrogen (secondary N) is 1. The summed E-state index contributed by atoms with van der Waals surface area (Å²) in [5, 5.41) is 3.17. The maximum absolute atomic E-state index is 12.9. The van der Waals surface area contributed by atoms with Gasteiger partial charge >= 0.3 is 0 Å². The number of aromatic nitrogens is 1. The summed E-state index contributed by atoms with van der Waals surface area (Å²) in [5.41, 5.74) is 1.11. The molecular formula is C18H21N3O4. The molecule has 1 aromatic carbocycles. The van der Waals surface area contributed by atoms with E-state index >= 15 is 0 Å². The second kappa shape index (κ2) is 6.76. The Labute approximate surface area is 145 Å². The topological polar surface area (TPSA) is 76.8 Å². The molecule has 7 heteroatoms. The summed E-state index contributed by atoms with van der Waals surface area (Å²) in [4.78, 5) is 18.9. The van der Waals surface area contributed by atoms with Crippen LogP contribution < -0.4 is 14.8 Å². The van der Waals surface area contributed by atoms with Gasteiger partial charge < -0.3 is 24.1 Å². The molecule has 25 heavy (non-hydrogen) atoms. The molecule has 7 nitrogen and oxygen atoms in total. The van der Waals surface area contributed by atoms with Crippen LogP contribution in [0.4, 0.5) is 0 Å². The van der Waals surface area contributed by atoms with Gasteiger partial charge in [0.25, 0.3) is 5.91 Å². The largest absolute Gasteiger partial charge is 0.486 e. The third-order valence-corrected chi connectivity index (χ3v) is 4.64. The van der Waals surface area contributed by atoms with Crippen molar-refractivity contribution in [2.75, 3.05) is 39.9 Å². The lowest BCUT2D eigenvalue weighted by atomic mass is 10.1. The van der Waals surface area contributed by atoms with Gasteiger partial charge in [0.1, 0.15) is 13.2 Å². The van der Waals surface area contributed by atoms with Crippen LogP contribution in [0.15, 0.2) is 29.0 Å². The van der Waals surface area contributed by atoms with Crippen LogP contribution in [0.3, 0.4) is 0 Å². The third kappa shape index (κ3) is 3.07. The summed E-state index contributed by atoms with van der Waals surface area (Å²) < 4.78 is 16.7. The van der Waals surface area contributed by atoms with Gasteiger partial charge in [-0.15, -0.1) is 0 Å². The zero-order valence-electron chi connectivity index (χ0n) is 14.2. The van der Waals surface area contributed by atoms with E-state index in [9.17, 15) is 4.79 Å². The van der Waals surface area contributed by atoms with Gasteiger partial charge in [-0.3, -0.25) is 4.79 Å². The number of fused-ring (bicyclic) bond motifs is 1. The van der Waals surface area contributed by atoms with Crippen LogP contribution in [0.25, 0.3) is 11.3 Å². The number of likely N-dealkylation sites (tertiary alicyclic amines) is 1. The number of oxazole rings is 1. The van der Waals surface area contributed by atoms with E-state index in [1.807, 2.05) is 30.1 Å². The Morgan fingerprint density at radius 2 is 2.16 bits per heavy atom. The van der Waals surface area contributed by atoms with E-state index < -0.39 is 0 Å². The summed E-state index contributed by atoms with van der Waals surface area (Å²) in [6, 6.07) is 5.53. The third-order valence-electron chi connectivity index (χ3n) is 4.64. The normalized spacial score (nSPS) is 19.2. The van der Waals surface area contributed by atoms with E-state index in [1.54, 1.807) is 0 Å². The van der Waals surface area contributed by atoms with Crippen molar-refractivity contribution in [1.29, 1.82) is 0 Å². The molecule has 1 fully saturated rings. The fourth-order valence-electron chi connectivity index (χ4n) is 3.41. The average molecular weight is 343 g/mol. The van der Waals surface area contributed by atoms with Crippen molar-refractivity contribution in [3.05, 3.63) is 30.3 Å². The van der Waals surface area contributed by atoms with Gasteiger partial charge in [0.05, 0.1) is 0 Å². The SMILES string of the molecule is CNCC1CCN(C(=O)c2ncoc2-c2ccc3c(c2)OCCO3)C1. The summed E-state index contributed by atoms with van der Waals surface area (Å²) in [6.45, 7) is 3.46. The first kappa shape index (κ1) is 16.0. The first-order chi connectivity index (χ1) is 12.3. The number of hydrogen-bond acceptors (Lipinski definition) is 6.